The number of hydrogen-bond acceptors (Lipinski definition) is 8. The van der Waals surface area contributed by atoms with Gasteiger partial charge in [0.25, 0.3) is 0 Å². The number of thioether (sulfide) groups is 1. The number of hydrogen-bond donors (Lipinski definition) is 1. The Hall–Kier alpha value is -3.79. The monoisotopic (exact) mass is 479 g/mol. The van der Waals surface area contributed by atoms with E-state index in [1.54, 1.807) is 32.9 Å². The third-order valence-electron chi connectivity index (χ3n) is 5.05. The molecule has 4 rings (SSSR count). The summed E-state index contributed by atoms with van der Waals surface area (Å²) in [5.41, 5.74) is 1.89. The third kappa shape index (κ3) is 5.76. The molecule has 34 heavy (non-hydrogen) atoms. The first-order chi connectivity index (χ1) is 16.7. The van der Waals surface area contributed by atoms with Crippen LogP contribution < -0.4 is 14.8 Å². The summed E-state index contributed by atoms with van der Waals surface area (Å²) in [4.78, 5) is 16.6. The second kappa shape index (κ2) is 11.4. The minimum Gasteiger partial charge on any atom is -0.493 e. The number of aromatic nitrogens is 4. The third-order valence-corrected chi connectivity index (χ3v) is 6.01. The van der Waals surface area contributed by atoms with Crippen LogP contribution in [0.25, 0.3) is 11.4 Å². The van der Waals surface area contributed by atoms with E-state index in [-0.39, 0.29) is 11.7 Å². The van der Waals surface area contributed by atoms with Gasteiger partial charge in [0.15, 0.2) is 22.5 Å². The zero-order chi connectivity index (χ0) is 23.8. The molecule has 0 saturated carbocycles. The fourth-order valence-corrected chi connectivity index (χ4v) is 4.14. The minimum atomic E-state index is -0.0825. The second-order valence-corrected chi connectivity index (χ2v) is 8.23. The van der Waals surface area contributed by atoms with E-state index < -0.39 is 0 Å². The molecule has 0 atom stereocenters. The molecule has 176 valence electrons. The largest absolute Gasteiger partial charge is 0.493 e. The lowest BCUT2D eigenvalue weighted by atomic mass is 10.1. The van der Waals surface area contributed by atoms with Crippen molar-refractivity contribution >= 4 is 17.7 Å². The number of carbonyl (C=O) groups excluding carboxylic acids is 1. The average molecular weight is 480 g/mol. The standard InChI is InChI=1S/C24H25N5O4S/c1-31-20-8-7-17(13-21(20)32-2)9-11-26-22(30)16-34-24-28-27-23(18-5-3-10-25-14-18)29(24)15-19-6-4-12-33-19/h3-8,10,12-14H,9,11,15-16H2,1-2H3,(H,26,30). The molecule has 3 heterocycles. The topological polar surface area (TPSA) is 104 Å². The Bertz CT molecular complexity index is 1210. The lowest BCUT2D eigenvalue weighted by Gasteiger charge is -2.10. The van der Waals surface area contributed by atoms with E-state index in [9.17, 15) is 4.79 Å². The van der Waals surface area contributed by atoms with Gasteiger partial charge in [-0.15, -0.1) is 10.2 Å². The number of nitrogens with zero attached hydrogens (tertiary/aromatic N) is 4. The van der Waals surface area contributed by atoms with Gasteiger partial charge in [-0.05, 0) is 48.4 Å². The number of ether oxygens (including phenoxy) is 2. The molecule has 1 aromatic carbocycles. The summed E-state index contributed by atoms with van der Waals surface area (Å²) >= 11 is 1.33. The Morgan fingerprint density at radius 1 is 1.12 bits per heavy atom. The molecular weight excluding hydrogens is 454 g/mol. The summed E-state index contributed by atoms with van der Waals surface area (Å²) < 4.78 is 18.0. The van der Waals surface area contributed by atoms with Crippen molar-refractivity contribution in [2.45, 2.75) is 18.1 Å². The number of nitrogens with one attached hydrogen (secondary N) is 1. The maximum Gasteiger partial charge on any atom is 0.230 e. The number of rotatable bonds is 11. The van der Waals surface area contributed by atoms with Crippen LogP contribution in [0.3, 0.4) is 0 Å². The van der Waals surface area contributed by atoms with Gasteiger partial charge in [0.1, 0.15) is 5.76 Å². The van der Waals surface area contributed by atoms with Crippen molar-refractivity contribution in [1.29, 1.82) is 0 Å². The molecule has 0 bridgehead atoms. The summed E-state index contributed by atoms with van der Waals surface area (Å²) in [7, 11) is 3.20. The van der Waals surface area contributed by atoms with Crippen LogP contribution in [-0.2, 0) is 17.8 Å². The van der Waals surface area contributed by atoms with Gasteiger partial charge < -0.3 is 19.2 Å². The van der Waals surface area contributed by atoms with Gasteiger partial charge in [-0.1, -0.05) is 17.8 Å². The predicted molar refractivity (Wildman–Crippen MR) is 128 cm³/mol. The molecule has 1 amide bonds. The van der Waals surface area contributed by atoms with Crippen LogP contribution in [0, 0.1) is 0 Å². The first-order valence-corrected chi connectivity index (χ1v) is 11.6. The fraction of sp³-hybridized carbons (Fsp3) is 0.250. The van der Waals surface area contributed by atoms with Gasteiger partial charge in [-0.25, -0.2) is 0 Å². The molecule has 0 aliphatic rings. The lowest BCUT2D eigenvalue weighted by Crippen LogP contribution is -2.27. The van der Waals surface area contributed by atoms with E-state index in [1.165, 1.54) is 11.8 Å². The van der Waals surface area contributed by atoms with Crippen LogP contribution >= 0.6 is 11.8 Å². The highest BCUT2D eigenvalue weighted by molar-refractivity contribution is 7.99. The molecule has 0 saturated heterocycles. The molecular formula is C24H25N5O4S. The van der Waals surface area contributed by atoms with Crippen molar-refractivity contribution in [1.82, 2.24) is 25.1 Å². The zero-order valence-electron chi connectivity index (χ0n) is 18.9. The number of benzene rings is 1. The van der Waals surface area contributed by atoms with E-state index in [4.69, 9.17) is 13.9 Å². The van der Waals surface area contributed by atoms with Crippen molar-refractivity contribution in [3.63, 3.8) is 0 Å². The Balaban J connectivity index is 1.36. The highest BCUT2D eigenvalue weighted by Gasteiger charge is 2.17. The van der Waals surface area contributed by atoms with E-state index in [2.05, 4.69) is 20.5 Å². The van der Waals surface area contributed by atoms with Crippen LogP contribution in [0.15, 0.2) is 70.7 Å². The molecule has 3 aromatic heterocycles. The van der Waals surface area contributed by atoms with Crippen molar-refractivity contribution < 1.29 is 18.7 Å². The van der Waals surface area contributed by atoms with Crippen molar-refractivity contribution in [3.05, 3.63) is 72.4 Å². The van der Waals surface area contributed by atoms with Gasteiger partial charge in [-0.2, -0.15) is 0 Å². The maximum absolute atomic E-state index is 12.5. The molecule has 0 spiro atoms. The Morgan fingerprint density at radius 3 is 2.74 bits per heavy atom. The number of pyridine rings is 1. The van der Waals surface area contributed by atoms with Crippen LogP contribution in [0.1, 0.15) is 11.3 Å². The summed E-state index contributed by atoms with van der Waals surface area (Å²) in [6.07, 6.45) is 5.75. The first kappa shape index (κ1) is 23.4. The molecule has 4 aromatic rings. The van der Waals surface area contributed by atoms with E-state index in [0.717, 1.165) is 16.9 Å². The number of amides is 1. The molecule has 9 nitrogen and oxygen atoms in total. The van der Waals surface area contributed by atoms with Gasteiger partial charge in [0, 0.05) is 24.5 Å². The quantitative estimate of drug-likeness (QED) is 0.326. The molecule has 0 aliphatic carbocycles. The summed E-state index contributed by atoms with van der Waals surface area (Å²) in [6, 6.07) is 13.2. The maximum atomic E-state index is 12.5. The van der Waals surface area contributed by atoms with Gasteiger partial charge >= 0.3 is 0 Å². The number of methoxy groups -OCH3 is 2. The number of carbonyl (C=O) groups is 1. The summed E-state index contributed by atoms with van der Waals surface area (Å²) in [5.74, 6) is 2.92. The summed E-state index contributed by atoms with van der Waals surface area (Å²) in [6.45, 7) is 0.961. The Morgan fingerprint density at radius 2 is 2.00 bits per heavy atom. The summed E-state index contributed by atoms with van der Waals surface area (Å²) in [5, 5.41) is 12.2. The van der Waals surface area contributed by atoms with Gasteiger partial charge in [-0.3, -0.25) is 14.3 Å². The highest BCUT2D eigenvalue weighted by Crippen LogP contribution is 2.28. The highest BCUT2D eigenvalue weighted by atomic mass is 32.2. The predicted octanol–water partition coefficient (Wildman–Crippen LogP) is 3.45. The van der Waals surface area contributed by atoms with Crippen LogP contribution in [0.5, 0.6) is 11.5 Å². The van der Waals surface area contributed by atoms with E-state index in [1.807, 2.05) is 47.0 Å². The molecule has 0 fully saturated rings. The molecule has 10 heteroatoms. The average Bonchev–Trinajstić information content (AvgIpc) is 3.53. The van der Waals surface area contributed by atoms with E-state index >= 15 is 0 Å². The molecule has 0 radical (unpaired) electrons. The van der Waals surface area contributed by atoms with Crippen LogP contribution in [0.4, 0.5) is 0 Å². The van der Waals surface area contributed by atoms with Crippen LogP contribution in [-0.4, -0.2) is 52.2 Å². The molecule has 0 unspecified atom stereocenters. The Kier molecular flexibility index (Phi) is 7.82. The van der Waals surface area contributed by atoms with Crippen LogP contribution in [0.2, 0.25) is 0 Å². The second-order valence-electron chi connectivity index (χ2n) is 7.29. The zero-order valence-corrected chi connectivity index (χ0v) is 19.7. The van der Waals surface area contributed by atoms with E-state index in [0.29, 0.717) is 42.0 Å². The van der Waals surface area contributed by atoms with Crippen molar-refractivity contribution in [2.24, 2.45) is 0 Å². The first-order valence-electron chi connectivity index (χ1n) is 10.6. The number of furan rings is 1. The fourth-order valence-electron chi connectivity index (χ4n) is 3.37. The normalized spacial score (nSPS) is 10.8. The van der Waals surface area contributed by atoms with Crippen molar-refractivity contribution in [3.8, 4) is 22.9 Å². The smallest absolute Gasteiger partial charge is 0.230 e. The lowest BCUT2D eigenvalue weighted by molar-refractivity contribution is -0.118. The minimum absolute atomic E-state index is 0.0825. The van der Waals surface area contributed by atoms with Gasteiger partial charge in [0.2, 0.25) is 5.91 Å². The molecule has 1 N–H and O–H groups in total. The van der Waals surface area contributed by atoms with Gasteiger partial charge in [0.05, 0.1) is 32.8 Å². The van der Waals surface area contributed by atoms with Crippen molar-refractivity contribution in [2.75, 3.05) is 26.5 Å². The SMILES string of the molecule is COc1ccc(CCNC(=O)CSc2nnc(-c3cccnc3)n2Cc2ccco2)cc1OC. The Labute approximate surface area is 201 Å². The molecule has 0 aliphatic heterocycles.